The van der Waals surface area contributed by atoms with Crippen molar-refractivity contribution >= 4 is 5.91 Å². The van der Waals surface area contributed by atoms with Gasteiger partial charge < -0.3 is 28.4 Å². The quantitative estimate of drug-likeness (QED) is 0.444. The standard InChI is InChI=1S/C26H30N2O6/c1-30-23-13-19(14-24(31-2)26(23)32-3)22-15-20(27-34-22)16-28(17-21-10-7-11-33-21)25(29)12-18-8-5-4-6-9-18/h4-6,8-9,13-15,21H,7,10-12,16-17H2,1-3H3. The van der Waals surface area contributed by atoms with Gasteiger partial charge in [-0.05, 0) is 30.5 Å². The molecule has 34 heavy (non-hydrogen) atoms. The molecule has 4 rings (SSSR count). The van der Waals surface area contributed by atoms with Gasteiger partial charge in [-0.2, -0.15) is 0 Å². The summed E-state index contributed by atoms with van der Waals surface area (Å²) in [6.07, 6.45) is 2.33. The van der Waals surface area contributed by atoms with E-state index in [1.807, 2.05) is 36.4 Å². The molecule has 1 atom stereocenters. The molecule has 1 aliphatic heterocycles. The van der Waals surface area contributed by atoms with Crippen molar-refractivity contribution in [2.24, 2.45) is 0 Å². The third-order valence-corrected chi connectivity index (χ3v) is 5.86. The fourth-order valence-corrected chi connectivity index (χ4v) is 4.11. The molecule has 0 radical (unpaired) electrons. The van der Waals surface area contributed by atoms with Gasteiger partial charge >= 0.3 is 0 Å². The van der Waals surface area contributed by atoms with Crippen LogP contribution < -0.4 is 14.2 Å². The molecule has 0 saturated carbocycles. The highest BCUT2D eigenvalue weighted by molar-refractivity contribution is 5.79. The molecule has 1 saturated heterocycles. The topological polar surface area (TPSA) is 83.3 Å². The molecule has 8 heteroatoms. The Labute approximate surface area is 199 Å². The highest BCUT2D eigenvalue weighted by Gasteiger charge is 2.24. The normalized spacial score (nSPS) is 15.2. The van der Waals surface area contributed by atoms with Gasteiger partial charge in [0.1, 0.15) is 5.69 Å². The largest absolute Gasteiger partial charge is 0.493 e. The summed E-state index contributed by atoms with van der Waals surface area (Å²) in [5, 5.41) is 4.23. The minimum Gasteiger partial charge on any atom is -0.493 e. The zero-order valence-electron chi connectivity index (χ0n) is 19.8. The second-order valence-corrected chi connectivity index (χ2v) is 8.17. The van der Waals surface area contributed by atoms with E-state index in [1.54, 1.807) is 38.4 Å². The Morgan fingerprint density at radius 2 is 1.79 bits per heavy atom. The Hall–Kier alpha value is -3.52. The van der Waals surface area contributed by atoms with Gasteiger partial charge in [-0.1, -0.05) is 35.5 Å². The van der Waals surface area contributed by atoms with Gasteiger partial charge in [0.05, 0.1) is 40.4 Å². The van der Waals surface area contributed by atoms with Crippen molar-refractivity contribution in [1.29, 1.82) is 0 Å². The van der Waals surface area contributed by atoms with E-state index in [1.165, 1.54) is 0 Å². The van der Waals surface area contributed by atoms with Gasteiger partial charge in [-0.25, -0.2) is 0 Å². The van der Waals surface area contributed by atoms with E-state index in [4.69, 9.17) is 23.5 Å². The van der Waals surface area contributed by atoms with Crippen molar-refractivity contribution in [3.63, 3.8) is 0 Å². The Kier molecular flexibility index (Phi) is 7.69. The summed E-state index contributed by atoms with van der Waals surface area (Å²) < 4.78 is 27.7. The van der Waals surface area contributed by atoms with Crippen LogP contribution in [0.4, 0.5) is 0 Å². The maximum absolute atomic E-state index is 13.2. The number of carbonyl (C=O) groups is 1. The molecule has 1 fully saturated rings. The fraction of sp³-hybridized carbons (Fsp3) is 0.385. The van der Waals surface area contributed by atoms with Crippen LogP contribution in [-0.4, -0.2) is 56.5 Å². The highest BCUT2D eigenvalue weighted by Crippen LogP contribution is 2.41. The van der Waals surface area contributed by atoms with Crippen LogP contribution in [0.15, 0.2) is 53.1 Å². The predicted octanol–water partition coefficient (Wildman–Crippen LogP) is 4.12. The van der Waals surface area contributed by atoms with Crippen LogP contribution in [0.1, 0.15) is 24.1 Å². The lowest BCUT2D eigenvalue weighted by Crippen LogP contribution is -2.38. The molecular weight excluding hydrogens is 436 g/mol. The number of amides is 1. The van der Waals surface area contributed by atoms with Gasteiger partial charge in [0.15, 0.2) is 17.3 Å². The number of benzene rings is 2. The number of hydrogen-bond donors (Lipinski definition) is 0. The Balaban J connectivity index is 1.54. The van der Waals surface area contributed by atoms with Crippen LogP contribution in [0.3, 0.4) is 0 Å². The molecule has 0 spiro atoms. The summed E-state index contributed by atoms with van der Waals surface area (Å²) in [7, 11) is 4.68. The van der Waals surface area contributed by atoms with Crippen molar-refractivity contribution < 1.29 is 28.3 Å². The summed E-state index contributed by atoms with van der Waals surface area (Å²) in [5.41, 5.74) is 2.36. The average Bonchev–Trinajstić information content (AvgIpc) is 3.55. The van der Waals surface area contributed by atoms with Gasteiger partial charge in [-0.15, -0.1) is 0 Å². The molecule has 1 aliphatic rings. The number of aromatic nitrogens is 1. The molecular formula is C26H30N2O6. The average molecular weight is 467 g/mol. The lowest BCUT2D eigenvalue weighted by molar-refractivity contribution is -0.132. The van der Waals surface area contributed by atoms with E-state index >= 15 is 0 Å². The number of rotatable bonds is 10. The Morgan fingerprint density at radius 3 is 2.41 bits per heavy atom. The first kappa shape index (κ1) is 23.6. The summed E-state index contributed by atoms with van der Waals surface area (Å²) in [5.74, 6) is 2.12. The van der Waals surface area contributed by atoms with Crippen LogP contribution in [0.2, 0.25) is 0 Å². The minimum absolute atomic E-state index is 0.0269. The molecule has 1 aromatic heterocycles. The van der Waals surface area contributed by atoms with Gasteiger partial charge in [0.2, 0.25) is 11.7 Å². The molecule has 3 aromatic rings. The summed E-state index contributed by atoms with van der Waals surface area (Å²) in [6.45, 7) is 1.60. The number of methoxy groups -OCH3 is 3. The van der Waals surface area contributed by atoms with Gasteiger partial charge in [0, 0.05) is 24.8 Å². The van der Waals surface area contributed by atoms with E-state index in [0.29, 0.717) is 48.2 Å². The van der Waals surface area contributed by atoms with Crippen molar-refractivity contribution in [3.8, 4) is 28.6 Å². The first-order valence-electron chi connectivity index (χ1n) is 11.3. The SMILES string of the molecule is COc1cc(-c2cc(CN(CC3CCCO3)C(=O)Cc3ccccc3)no2)cc(OC)c1OC. The van der Waals surface area contributed by atoms with Crippen LogP contribution in [0, 0.1) is 0 Å². The van der Waals surface area contributed by atoms with E-state index in [2.05, 4.69) is 5.16 Å². The number of hydrogen-bond acceptors (Lipinski definition) is 7. The monoisotopic (exact) mass is 466 g/mol. The van der Waals surface area contributed by atoms with Crippen molar-refractivity contribution in [2.45, 2.75) is 31.9 Å². The van der Waals surface area contributed by atoms with Gasteiger partial charge in [0.25, 0.3) is 0 Å². The Morgan fingerprint density at radius 1 is 1.06 bits per heavy atom. The Bertz CT molecular complexity index is 1070. The molecule has 1 amide bonds. The fourth-order valence-electron chi connectivity index (χ4n) is 4.11. The molecule has 1 unspecified atom stereocenters. The lowest BCUT2D eigenvalue weighted by Gasteiger charge is -2.24. The summed E-state index contributed by atoms with van der Waals surface area (Å²) in [4.78, 5) is 15.0. The third kappa shape index (κ3) is 5.51. The summed E-state index contributed by atoms with van der Waals surface area (Å²) >= 11 is 0. The van der Waals surface area contributed by atoms with Gasteiger partial charge in [-0.3, -0.25) is 4.79 Å². The zero-order valence-corrected chi connectivity index (χ0v) is 19.8. The lowest BCUT2D eigenvalue weighted by atomic mass is 10.1. The van der Waals surface area contributed by atoms with Crippen LogP contribution in [0.5, 0.6) is 17.2 Å². The second-order valence-electron chi connectivity index (χ2n) is 8.17. The number of ether oxygens (including phenoxy) is 4. The second kappa shape index (κ2) is 11.1. The zero-order chi connectivity index (χ0) is 23.9. The molecule has 8 nitrogen and oxygen atoms in total. The molecule has 2 aromatic carbocycles. The maximum Gasteiger partial charge on any atom is 0.227 e. The van der Waals surface area contributed by atoms with Crippen LogP contribution in [-0.2, 0) is 22.5 Å². The van der Waals surface area contributed by atoms with Crippen molar-refractivity contribution in [3.05, 3.63) is 59.8 Å². The van der Waals surface area contributed by atoms with Crippen molar-refractivity contribution in [2.75, 3.05) is 34.5 Å². The predicted molar refractivity (Wildman–Crippen MR) is 126 cm³/mol. The molecule has 0 bridgehead atoms. The first-order valence-corrected chi connectivity index (χ1v) is 11.3. The van der Waals surface area contributed by atoms with Crippen molar-refractivity contribution in [1.82, 2.24) is 10.1 Å². The maximum atomic E-state index is 13.2. The molecule has 2 heterocycles. The molecule has 180 valence electrons. The van der Waals surface area contributed by atoms with Crippen LogP contribution >= 0.6 is 0 Å². The first-order chi connectivity index (χ1) is 16.6. The van der Waals surface area contributed by atoms with E-state index in [-0.39, 0.29) is 12.0 Å². The summed E-state index contributed by atoms with van der Waals surface area (Å²) in [6, 6.07) is 15.2. The van der Waals surface area contributed by atoms with E-state index < -0.39 is 0 Å². The van der Waals surface area contributed by atoms with E-state index in [0.717, 1.165) is 30.6 Å². The molecule has 0 N–H and O–H groups in total. The highest BCUT2D eigenvalue weighted by atomic mass is 16.5. The smallest absolute Gasteiger partial charge is 0.227 e. The minimum atomic E-state index is 0.0269. The van der Waals surface area contributed by atoms with E-state index in [9.17, 15) is 4.79 Å². The third-order valence-electron chi connectivity index (χ3n) is 5.86. The number of carbonyl (C=O) groups excluding carboxylic acids is 1. The molecule has 0 aliphatic carbocycles. The van der Waals surface area contributed by atoms with Crippen LogP contribution in [0.25, 0.3) is 11.3 Å². The number of nitrogens with zero attached hydrogens (tertiary/aromatic N) is 2.